The summed E-state index contributed by atoms with van der Waals surface area (Å²) in [6, 6.07) is 17.0. The summed E-state index contributed by atoms with van der Waals surface area (Å²) in [7, 11) is 0. The summed E-state index contributed by atoms with van der Waals surface area (Å²) >= 11 is 14.1. The lowest BCUT2D eigenvalue weighted by Gasteiger charge is -2.24. The van der Waals surface area contributed by atoms with Crippen LogP contribution in [0.3, 0.4) is 0 Å². The molecule has 1 aromatic heterocycles. The van der Waals surface area contributed by atoms with Gasteiger partial charge in [-0.2, -0.15) is 0 Å². The van der Waals surface area contributed by atoms with Gasteiger partial charge in [-0.25, -0.2) is 14.6 Å². The number of aromatic nitrogens is 1. The van der Waals surface area contributed by atoms with Crippen molar-refractivity contribution < 1.29 is 23.8 Å². The maximum absolute atomic E-state index is 14.1. The third-order valence-corrected chi connectivity index (χ3v) is 8.56. The predicted octanol–water partition coefficient (Wildman–Crippen LogP) is 6.17. The van der Waals surface area contributed by atoms with Crippen LogP contribution < -0.4 is 19.6 Å². The molecular weight excluding hydrogens is 635 g/mol. The van der Waals surface area contributed by atoms with Gasteiger partial charge in [-0.05, 0) is 69.2 Å². The number of aryl methyl sites for hydroxylation is 1. The van der Waals surface area contributed by atoms with Crippen LogP contribution in [0.2, 0.25) is 10.0 Å². The van der Waals surface area contributed by atoms with Crippen LogP contribution in [-0.4, -0.2) is 29.7 Å². The highest BCUT2D eigenvalue weighted by Gasteiger charge is 2.33. The minimum Gasteiger partial charge on any atom is -0.487 e. The van der Waals surface area contributed by atoms with Gasteiger partial charge in [-0.15, -0.1) is 0 Å². The van der Waals surface area contributed by atoms with E-state index in [1.54, 1.807) is 63.2 Å². The predicted molar refractivity (Wildman–Crippen MR) is 175 cm³/mol. The van der Waals surface area contributed by atoms with Crippen molar-refractivity contribution in [3.63, 3.8) is 0 Å². The largest absolute Gasteiger partial charge is 0.487 e. The second-order valence-electron chi connectivity index (χ2n) is 10.2. The van der Waals surface area contributed by atoms with Crippen LogP contribution in [-0.2, 0) is 20.9 Å². The quantitative estimate of drug-likeness (QED) is 0.199. The summed E-state index contributed by atoms with van der Waals surface area (Å²) < 4.78 is 18.4. The van der Waals surface area contributed by atoms with Crippen LogP contribution in [0.15, 0.2) is 81.7 Å². The number of carbonyl (C=O) groups is 2. The molecule has 5 rings (SSSR count). The number of allylic oxidation sites excluding steroid dienone is 1. The van der Waals surface area contributed by atoms with E-state index in [9.17, 15) is 14.4 Å². The van der Waals surface area contributed by atoms with Gasteiger partial charge in [0.15, 0.2) is 4.80 Å². The van der Waals surface area contributed by atoms with Crippen LogP contribution in [0.25, 0.3) is 6.08 Å². The summed E-state index contributed by atoms with van der Waals surface area (Å²) in [6.07, 6.45) is 1.66. The first kappa shape index (κ1) is 32.2. The first-order valence-electron chi connectivity index (χ1n) is 14.2. The average molecular weight is 666 g/mol. The average Bonchev–Trinajstić information content (AvgIpc) is 3.30. The molecule has 0 spiro atoms. The Morgan fingerprint density at radius 2 is 1.62 bits per heavy atom. The summed E-state index contributed by atoms with van der Waals surface area (Å²) in [6.45, 7) is 7.82. The van der Waals surface area contributed by atoms with Crippen molar-refractivity contribution in [3.05, 3.63) is 129 Å². The lowest BCUT2D eigenvalue weighted by Crippen LogP contribution is -2.39. The van der Waals surface area contributed by atoms with Gasteiger partial charge in [0.2, 0.25) is 0 Å². The van der Waals surface area contributed by atoms with Crippen molar-refractivity contribution in [3.8, 4) is 5.75 Å². The SMILES string of the molecule is CCOC(=O)C1=C(C)N=c2s/c(=C\c3cc(Cl)cc(Cl)c3OCc3ccc(C(=O)OCC)cc3)c(=O)n2[C@H]1c1ccc(C)cc1. The Morgan fingerprint density at radius 1 is 0.956 bits per heavy atom. The highest BCUT2D eigenvalue weighted by Crippen LogP contribution is 2.34. The number of thiazole rings is 1. The molecule has 0 aliphatic carbocycles. The fourth-order valence-electron chi connectivity index (χ4n) is 4.94. The molecule has 0 N–H and O–H groups in total. The monoisotopic (exact) mass is 664 g/mol. The number of hydrogen-bond acceptors (Lipinski definition) is 8. The summed E-state index contributed by atoms with van der Waals surface area (Å²) in [5, 5.41) is 0.630. The zero-order chi connectivity index (χ0) is 32.2. The number of rotatable bonds is 9. The van der Waals surface area contributed by atoms with Crippen LogP contribution >= 0.6 is 34.5 Å². The summed E-state index contributed by atoms with van der Waals surface area (Å²) in [5.74, 6) is -0.588. The van der Waals surface area contributed by atoms with Gasteiger partial charge < -0.3 is 14.2 Å². The standard InChI is InChI=1S/C34H30Cl2N2O6S/c1-5-42-32(40)23-13-9-21(10-14-23)18-44-30-24(15-25(35)17-26(30)36)16-27-31(39)38-29(22-11-7-19(3)8-12-22)28(33(41)43-6-2)20(4)37-34(38)45-27/h7-17,29H,5-6,18H2,1-4H3/b27-16-/t29-/m0/s1. The maximum atomic E-state index is 14.1. The summed E-state index contributed by atoms with van der Waals surface area (Å²) in [4.78, 5) is 44.3. The Balaban J connectivity index is 1.56. The zero-order valence-corrected chi connectivity index (χ0v) is 27.4. The molecule has 0 amide bonds. The number of ether oxygens (including phenoxy) is 3. The Bertz CT molecular complexity index is 1980. The number of halogens is 2. The summed E-state index contributed by atoms with van der Waals surface area (Å²) in [5.41, 5.74) is 3.98. The molecule has 2 heterocycles. The van der Waals surface area contributed by atoms with Crippen molar-refractivity contribution in [2.75, 3.05) is 13.2 Å². The van der Waals surface area contributed by atoms with Gasteiger partial charge in [0.1, 0.15) is 12.4 Å². The van der Waals surface area contributed by atoms with E-state index in [0.717, 1.165) is 16.7 Å². The van der Waals surface area contributed by atoms with Crippen LogP contribution in [0.4, 0.5) is 0 Å². The van der Waals surface area contributed by atoms with Crippen LogP contribution in [0, 0.1) is 6.92 Å². The lowest BCUT2D eigenvalue weighted by atomic mass is 9.95. The Morgan fingerprint density at radius 3 is 2.29 bits per heavy atom. The first-order chi connectivity index (χ1) is 21.6. The van der Waals surface area contributed by atoms with E-state index in [1.165, 1.54) is 15.9 Å². The maximum Gasteiger partial charge on any atom is 0.338 e. The minimum absolute atomic E-state index is 0.141. The first-order valence-corrected chi connectivity index (χ1v) is 15.8. The number of esters is 2. The normalized spacial score (nSPS) is 14.5. The third kappa shape index (κ3) is 6.91. The Hall–Kier alpha value is -4.18. The second-order valence-corrected chi connectivity index (χ2v) is 12.1. The molecule has 3 aromatic carbocycles. The van der Waals surface area contributed by atoms with Crippen LogP contribution in [0.1, 0.15) is 59.4 Å². The molecule has 45 heavy (non-hydrogen) atoms. The van der Waals surface area contributed by atoms with E-state index < -0.39 is 18.0 Å². The van der Waals surface area contributed by atoms with Crippen LogP contribution in [0.5, 0.6) is 5.75 Å². The fourth-order valence-corrected chi connectivity index (χ4v) is 6.54. The van der Waals surface area contributed by atoms with Gasteiger partial charge in [-0.3, -0.25) is 9.36 Å². The van der Waals surface area contributed by atoms with Gasteiger partial charge in [-0.1, -0.05) is 76.5 Å². The molecule has 1 aliphatic heterocycles. The Labute approximate surface area is 273 Å². The molecule has 11 heteroatoms. The molecule has 0 unspecified atom stereocenters. The zero-order valence-electron chi connectivity index (χ0n) is 25.1. The molecule has 0 fully saturated rings. The number of nitrogens with zero attached hydrogens (tertiary/aromatic N) is 2. The van der Waals surface area contributed by atoms with Crippen molar-refractivity contribution in [2.24, 2.45) is 4.99 Å². The smallest absolute Gasteiger partial charge is 0.338 e. The van der Waals surface area contributed by atoms with Gasteiger partial charge >= 0.3 is 11.9 Å². The van der Waals surface area contributed by atoms with Gasteiger partial charge in [0.25, 0.3) is 5.56 Å². The van der Waals surface area contributed by atoms with E-state index in [4.69, 9.17) is 37.4 Å². The molecule has 0 radical (unpaired) electrons. The number of fused-ring (bicyclic) bond motifs is 1. The third-order valence-electron chi connectivity index (χ3n) is 7.08. The molecule has 4 aromatic rings. The minimum atomic E-state index is -0.723. The molecule has 0 saturated heterocycles. The highest BCUT2D eigenvalue weighted by atomic mass is 35.5. The van der Waals surface area contributed by atoms with E-state index in [-0.39, 0.29) is 30.4 Å². The molecule has 1 aliphatic rings. The van der Waals surface area contributed by atoms with E-state index in [0.29, 0.717) is 42.5 Å². The van der Waals surface area contributed by atoms with E-state index in [2.05, 4.69) is 4.99 Å². The Kier molecular flexibility index (Phi) is 9.92. The van der Waals surface area contributed by atoms with Crippen molar-refractivity contribution in [2.45, 2.75) is 40.3 Å². The van der Waals surface area contributed by atoms with Gasteiger partial charge in [0, 0.05) is 10.6 Å². The molecule has 0 saturated carbocycles. The highest BCUT2D eigenvalue weighted by molar-refractivity contribution is 7.07. The number of hydrogen-bond donors (Lipinski definition) is 0. The molecule has 0 bridgehead atoms. The second kappa shape index (κ2) is 13.9. The molecular formula is C34H30Cl2N2O6S. The van der Waals surface area contributed by atoms with Gasteiger partial charge in [0.05, 0.1) is 45.6 Å². The topological polar surface area (TPSA) is 96.2 Å². The lowest BCUT2D eigenvalue weighted by molar-refractivity contribution is -0.139. The molecule has 232 valence electrons. The number of carbonyl (C=O) groups excluding carboxylic acids is 2. The van der Waals surface area contributed by atoms with E-state index >= 15 is 0 Å². The van der Waals surface area contributed by atoms with E-state index in [1.807, 2.05) is 31.2 Å². The number of benzene rings is 3. The fraction of sp³-hybridized carbons (Fsp3) is 0.235. The molecule has 8 nitrogen and oxygen atoms in total. The van der Waals surface area contributed by atoms with Crippen molar-refractivity contribution in [1.29, 1.82) is 0 Å². The van der Waals surface area contributed by atoms with Crippen molar-refractivity contribution in [1.82, 2.24) is 4.57 Å². The van der Waals surface area contributed by atoms with Crippen molar-refractivity contribution >= 4 is 52.6 Å². The molecule has 1 atom stereocenters.